The lowest BCUT2D eigenvalue weighted by molar-refractivity contribution is -0.134. The quantitative estimate of drug-likeness (QED) is 0.682. The number of hydrogen-bond donors (Lipinski definition) is 1. The highest BCUT2D eigenvalue weighted by molar-refractivity contribution is 5.85. The molecule has 18 heavy (non-hydrogen) atoms. The van der Waals surface area contributed by atoms with Gasteiger partial charge in [0.1, 0.15) is 0 Å². The van der Waals surface area contributed by atoms with Crippen LogP contribution in [0.4, 0.5) is 0 Å². The molecule has 0 aliphatic heterocycles. The van der Waals surface area contributed by atoms with E-state index in [2.05, 4.69) is 13.8 Å². The average Bonchev–Trinajstić information content (AvgIpc) is 2.27. The number of ether oxygens (including phenoxy) is 2. The van der Waals surface area contributed by atoms with Gasteiger partial charge < -0.3 is 20.1 Å². The summed E-state index contributed by atoms with van der Waals surface area (Å²) in [6, 6.07) is -0.427. The zero-order valence-corrected chi connectivity index (χ0v) is 12.7. The van der Waals surface area contributed by atoms with Gasteiger partial charge >= 0.3 is 0 Å². The molecule has 0 bridgehead atoms. The van der Waals surface area contributed by atoms with Crippen LogP contribution in [0.3, 0.4) is 0 Å². The molecule has 0 aromatic rings. The lowest BCUT2D eigenvalue weighted by Gasteiger charge is -2.25. The molecule has 110 valence electrons. The molecule has 6 heteroatoms. The van der Waals surface area contributed by atoms with Gasteiger partial charge in [0.05, 0.1) is 19.3 Å². The number of nitrogens with two attached hydrogens (primary N) is 1. The number of hydrogen-bond acceptors (Lipinski definition) is 4. The molecular formula is C12H27ClN2O3. The van der Waals surface area contributed by atoms with Gasteiger partial charge in [0, 0.05) is 27.3 Å². The summed E-state index contributed by atoms with van der Waals surface area (Å²) in [5.74, 6) is 0.397. The van der Waals surface area contributed by atoms with Crippen molar-refractivity contribution >= 4 is 18.3 Å². The number of methoxy groups -OCH3 is 2. The molecule has 0 spiro atoms. The van der Waals surface area contributed by atoms with Crippen molar-refractivity contribution < 1.29 is 14.3 Å². The van der Waals surface area contributed by atoms with Crippen LogP contribution >= 0.6 is 12.4 Å². The summed E-state index contributed by atoms with van der Waals surface area (Å²) >= 11 is 0. The third-order valence-electron chi connectivity index (χ3n) is 2.48. The van der Waals surface area contributed by atoms with Crippen LogP contribution < -0.4 is 5.73 Å². The van der Waals surface area contributed by atoms with Crippen molar-refractivity contribution in [2.75, 3.05) is 40.5 Å². The van der Waals surface area contributed by atoms with Crippen LogP contribution in [0.5, 0.6) is 0 Å². The molecule has 0 fully saturated rings. The minimum atomic E-state index is -0.427. The first-order chi connectivity index (χ1) is 8.02. The van der Waals surface area contributed by atoms with Crippen molar-refractivity contribution in [3.63, 3.8) is 0 Å². The first kappa shape index (κ1) is 20.0. The highest BCUT2D eigenvalue weighted by Crippen LogP contribution is 2.06. The average molecular weight is 283 g/mol. The second kappa shape index (κ2) is 11.7. The summed E-state index contributed by atoms with van der Waals surface area (Å²) in [7, 11) is 3.24. The monoisotopic (exact) mass is 282 g/mol. The molecular weight excluding hydrogens is 256 g/mol. The predicted molar refractivity (Wildman–Crippen MR) is 75.0 cm³/mol. The number of halogens is 1. The van der Waals surface area contributed by atoms with Gasteiger partial charge in [0.15, 0.2) is 0 Å². The molecule has 0 unspecified atom stereocenters. The van der Waals surface area contributed by atoms with Gasteiger partial charge in [-0.05, 0) is 12.3 Å². The van der Waals surface area contributed by atoms with Crippen LogP contribution in [0.1, 0.15) is 20.3 Å². The van der Waals surface area contributed by atoms with E-state index in [0.717, 1.165) is 0 Å². The maximum atomic E-state index is 12.1. The van der Waals surface area contributed by atoms with Crippen molar-refractivity contribution in [2.45, 2.75) is 26.3 Å². The predicted octanol–water partition coefficient (Wildman–Crippen LogP) is 0.903. The van der Waals surface area contributed by atoms with E-state index in [0.29, 0.717) is 38.6 Å². The Balaban J connectivity index is 0. The van der Waals surface area contributed by atoms with E-state index in [9.17, 15) is 4.79 Å². The summed E-state index contributed by atoms with van der Waals surface area (Å²) in [5.41, 5.74) is 5.89. The molecule has 2 N–H and O–H groups in total. The van der Waals surface area contributed by atoms with Crippen molar-refractivity contribution in [3.8, 4) is 0 Å². The molecule has 0 radical (unpaired) electrons. The van der Waals surface area contributed by atoms with Crippen LogP contribution in [0.25, 0.3) is 0 Å². The lowest BCUT2D eigenvalue weighted by atomic mass is 10.0. The normalized spacial score (nSPS) is 12.1. The summed E-state index contributed by atoms with van der Waals surface area (Å²) in [5, 5.41) is 0. The topological polar surface area (TPSA) is 64.8 Å². The molecule has 0 aromatic heterocycles. The zero-order chi connectivity index (χ0) is 13.3. The number of carbonyl (C=O) groups is 1. The maximum absolute atomic E-state index is 12.1. The van der Waals surface area contributed by atoms with Gasteiger partial charge in [-0.2, -0.15) is 0 Å². The smallest absolute Gasteiger partial charge is 0.239 e. The third-order valence-corrected chi connectivity index (χ3v) is 2.48. The molecule has 5 nitrogen and oxygen atoms in total. The second-order valence-electron chi connectivity index (χ2n) is 4.55. The molecule has 0 aliphatic rings. The molecule has 0 rings (SSSR count). The summed E-state index contributed by atoms with van der Waals surface area (Å²) < 4.78 is 9.98. The van der Waals surface area contributed by atoms with Crippen molar-refractivity contribution in [2.24, 2.45) is 11.7 Å². The Morgan fingerprint density at radius 2 is 1.61 bits per heavy atom. The first-order valence-corrected chi connectivity index (χ1v) is 6.05. The first-order valence-electron chi connectivity index (χ1n) is 6.05. The Labute approximate surface area is 116 Å². The molecule has 0 saturated heterocycles. The van der Waals surface area contributed by atoms with Gasteiger partial charge in [0.25, 0.3) is 0 Å². The number of rotatable bonds is 9. The fraction of sp³-hybridized carbons (Fsp3) is 0.917. The Morgan fingerprint density at radius 1 is 1.17 bits per heavy atom. The Morgan fingerprint density at radius 3 is 1.94 bits per heavy atom. The SMILES string of the molecule is COCCN(CCOC)C(=O)[C@@H](N)CC(C)C.Cl. The Hall–Kier alpha value is -0.360. The molecule has 0 heterocycles. The maximum Gasteiger partial charge on any atom is 0.239 e. The van der Waals surface area contributed by atoms with Crippen LogP contribution in [0.2, 0.25) is 0 Å². The van der Waals surface area contributed by atoms with E-state index < -0.39 is 6.04 Å². The fourth-order valence-electron chi connectivity index (χ4n) is 1.58. The molecule has 1 atom stereocenters. The lowest BCUT2D eigenvalue weighted by Crippen LogP contribution is -2.46. The van der Waals surface area contributed by atoms with Crippen LogP contribution in [-0.4, -0.2) is 57.4 Å². The number of nitrogens with zero attached hydrogens (tertiary/aromatic N) is 1. The van der Waals surface area contributed by atoms with Crippen molar-refractivity contribution in [1.29, 1.82) is 0 Å². The van der Waals surface area contributed by atoms with Crippen molar-refractivity contribution in [3.05, 3.63) is 0 Å². The van der Waals surface area contributed by atoms with Gasteiger partial charge in [-0.15, -0.1) is 12.4 Å². The second-order valence-corrected chi connectivity index (χ2v) is 4.55. The zero-order valence-electron chi connectivity index (χ0n) is 11.8. The van der Waals surface area contributed by atoms with Gasteiger partial charge in [-0.3, -0.25) is 4.79 Å². The van der Waals surface area contributed by atoms with Crippen LogP contribution in [0, 0.1) is 5.92 Å². The fourth-order valence-corrected chi connectivity index (χ4v) is 1.58. The Bertz CT molecular complexity index is 207. The van der Waals surface area contributed by atoms with Crippen molar-refractivity contribution in [1.82, 2.24) is 4.90 Å². The third kappa shape index (κ3) is 8.69. The largest absolute Gasteiger partial charge is 0.383 e. The minimum Gasteiger partial charge on any atom is -0.383 e. The number of amides is 1. The summed E-state index contributed by atoms with van der Waals surface area (Å²) in [6.07, 6.45) is 0.704. The van der Waals surface area contributed by atoms with E-state index in [1.807, 2.05) is 0 Å². The van der Waals surface area contributed by atoms with E-state index in [1.165, 1.54) is 0 Å². The molecule has 0 saturated carbocycles. The van der Waals surface area contributed by atoms with Crippen LogP contribution in [-0.2, 0) is 14.3 Å². The van der Waals surface area contributed by atoms with Gasteiger partial charge in [-0.25, -0.2) is 0 Å². The molecule has 0 aromatic carbocycles. The molecule has 0 aliphatic carbocycles. The van der Waals surface area contributed by atoms with E-state index in [-0.39, 0.29) is 18.3 Å². The minimum absolute atomic E-state index is 0. The van der Waals surface area contributed by atoms with Gasteiger partial charge in [-0.1, -0.05) is 13.8 Å². The Kier molecular flexibility index (Phi) is 13.0. The van der Waals surface area contributed by atoms with E-state index in [1.54, 1.807) is 19.1 Å². The number of carbonyl (C=O) groups excluding carboxylic acids is 1. The standard InChI is InChI=1S/C12H26N2O3.ClH/c1-10(2)9-11(13)12(15)14(5-7-16-3)6-8-17-4;/h10-11H,5-9,13H2,1-4H3;1H/t11-;/m0./s1. The van der Waals surface area contributed by atoms with E-state index in [4.69, 9.17) is 15.2 Å². The highest BCUT2D eigenvalue weighted by Gasteiger charge is 2.21. The summed E-state index contributed by atoms with van der Waals surface area (Å²) in [6.45, 7) is 6.27. The highest BCUT2D eigenvalue weighted by atomic mass is 35.5. The molecule has 1 amide bonds. The van der Waals surface area contributed by atoms with E-state index >= 15 is 0 Å². The summed E-state index contributed by atoms with van der Waals surface area (Å²) in [4.78, 5) is 13.8. The van der Waals surface area contributed by atoms with Gasteiger partial charge in [0.2, 0.25) is 5.91 Å². The van der Waals surface area contributed by atoms with Crippen LogP contribution in [0.15, 0.2) is 0 Å².